The van der Waals surface area contributed by atoms with Crippen molar-refractivity contribution < 1.29 is 14.3 Å². The SMILES string of the molecule is Cc1cc(C[C@@H](OC(=O)N2CCC(n3cc(-c4ccccc4)[nH]c3=O)CC2)C(=O)N2CCC(N3CCCCC3)CC2)cc2cn[nH]c12. The van der Waals surface area contributed by atoms with E-state index in [9.17, 15) is 14.4 Å². The van der Waals surface area contributed by atoms with Gasteiger partial charge in [0.2, 0.25) is 0 Å². The Morgan fingerprint density at radius 2 is 1.62 bits per heavy atom. The number of hydrogen-bond acceptors (Lipinski definition) is 6. The highest BCUT2D eigenvalue weighted by molar-refractivity contribution is 5.85. The van der Waals surface area contributed by atoms with Crippen LogP contribution in [0.4, 0.5) is 4.79 Å². The summed E-state index contributed by atoms with van der Waals surface area (Å²) < 4.78 is 7.85. The van der Waals surface area contributed by atoms with Crippen molar-refractivity contribution in [2.75, 3.05) is 39.3 Å². The number of carbonyl (C=O) groups is 2. The molecule has 2 aromatic heterocycles. The summed E-state index contributed by atoms with van der Waals surface area (Å²) in [6, 6.07) is 14.3. The van der Waals surface area contributed by atoms with Gasteiger partial charge >= 0.3 is 11.8 Å². The minimum Gasteiger partial charge on any atom is -0.436 e. The number of H-pyrrole nitrogens is 2. The lowest BCUT2D eigenvalue weighted by Gasteiger charge is -2.41. The Labute approximate surface area is 274 Å². The lowest BCUT2D eigenvalue weighted by Crippen LogP contribution is -2.52. The zero-order valence-electron chi connectivity index (χ0n) is 27.2. The van der Waals surface area contributed by atoms with Crippen molar-refractivity contribution in [3.63, 3.8) is 0 Å². The minimum atomic E-state index is -0.920. The van der Waals surface area contributed by atoms with Crippen molar-refractivity contribution >= 4 is 22.9 Å². The molecule has 3 aliphatic heterocycles. The van der Waals surface area contributed by atoms with Crippen molar-refractivity contribution in [1.82, 2.24) is 34.4 Å². The smallest absolute Gasteiger partial charge is 0.410 e. The molecule has 0 bridgehead atoms. The van der Waals surface area contributed by atoms with Gasteiger partial charge in [-0.1, -0.05) is 42.8 Å². The molecule has 0 aliphatic carbocycles. The van der Waals surface area contributed by atoms with E-state index in [2.05, 4.69) is 20.1 Å². The molecule has 248 valence electrons. The summed E-state index contributed by atoms with van der Waals surface area (Å²) in [4.78, 5) is 49.6. The lowest BCUT2D eigenvalue weighted by molar-refractivity contribution is -0.142. The van der Waals surface area contributed by atoms with Crippen molar-refractivity contribution in [3.05, 3.63) is 76.5 Å². The third-order valence-corrected chi connectivity index (χ3v) is 10.4. The Bertz CT molecular complexity index is 1740. The summed E-state index contributed by atoms with van der Waals surface area (Å²) in [5.74, 6) is -0.123. The van der Waals surface area contributed by atoms with Gasteiger partial charge in [-0.05, 0) is 81.3 Å². The second-order valence-corrected chi connectivity index (χ2v) is 13.4. The third kappa shape index (κ3) is 6.86. The van der Waals surface area contributed by atoms with Gasteiger partial charge in [0.1, 0.15) is 0 Å². The predicted octanol–water partition coefficient (Wildman–Crippen LogP) is 4.89. The molecule has 2 N–H and O–H groups in total. The maximum absolute atomic E-state index is 14.1. The van der Waals surface area contributed by atoms with Crippen LogP contribution in [-0.4, -0.2) is 97.9 Å². The van der Waals surface area contributed by atoms with Gasteiger partial charge in [0.25, 0.3) is 5.91 Å². The van der Waals surface area contributed by atoms with Gasteiger partial charge in [-0.2, -0.15) is 5.10 Å². The molecule has 5 heterocycles. The van der Waals surface area contributed by atoms with Crippen molar-refractivity contribution in [3.8, 4) is 11.3 Å². The maximum Gasteiger partial charge on any atom is 0.410 e. The number of aromatic nitrogens is 4. The molecule has 11 nitrogen and oxygen atoms in total. The second-order valence-electron chi connectivity index (χ2n) is 13.4. The summed E-state index contributed by atoms with van der Waals surface area (Å²) >= 11 is 0. The van der Waals surface area contributed by atoms with Crippen LogP contribution in [0.1, 0.15) is 62.1 Å². The Kier molecular flexibility index (Phi) is 9.15. The number of imidazole rings is 1. The molecule has 0 saturated carbocycles. The molecule has 3 aliphatic rings. The first-order valence-corrected chi connectivity index (χ1v) is 17.2. The number of hydrogen-bond donors (Lipinski definition) is 2. The van der Waals surface area contributed by atoms with Crippen LogP contribution in [0.25, 0.3) is 22.2 Å². The quantitative estimate of drug-likeness (QED) is 0.297. The number of nitrogens with one attached hydrogen (secondary N) is 2. The molecule has 0 spiro atoms. The van der Waals surface area contributed by atoms with Crippen LogP contribution < -0.4 is 5.69 Å². The van der Waals surface area contributed by atoms with Gasteiger partial charge in [-0.3, -0.25) is 14.5 Å². The van der Waals surface area contributed by atoms with E-state index in [4.69, 9.17) is 4.74 Å². The van der Waals surface area contributed by atoms with E-state index in [-0.39, 0.29) is 17.6 Å². The first kappa shape index (κ1) is 31.2. The number of fused-ring (bicyclic) bond motifs is 1. The average Bonchev–Trinajstić information content (AvgIpc) is 3.76. The van der Waals surface area contributed by atoms with Crippen LogP contribution in [0.5, 0.6) is 0 Å². The zero-order chi connectivity index (χ0) is 32.3. The van der Waals surface area contributed by atoms with Crippen LogP contribution >= 0.6 is 0 Å². The molecule has 2 amide bonds. The largest absolute Gasteiger partial charge is 0.436 e. The Balaban J connectivity index is 1.02. The van der Waals surface area contributed by atoms with Crippen LogP contribution in [0.3, 0.4) is 0 Å². The summed E-state index contributed by atoms with van der Waals surface area (Å²) in [7, 11) is 0. The lowest BCUT2D eigenvalue weighted by atomic mass is 9.98. The Morgan fingerprint density at radius 1 is 0.915 bits per heavy atom. The normalized spacial score (nSPS) is 19.3. The number of benzene rings is 2. The Morgan fingerprint density at radius 3 is 2.36 bits per heavy atom. The molecule has 3 fully saturated rings. The number of amides is 2. The topological polar surface area (TPSA) is 120 Å². The summed E-state index contributed by atoms with van der Waals surface area (Å²) in [6.07, 6.45) is 9.53. The predicted molar refractivity (Wildman–Crippen MR) is 180 cm³/mol. The Hall–Kier alpha value is -4.38. The fourth-order valence-electron chi connectivity index (χ4n) is 7.73. The van der Waals surface area contributed by atoms with Crippen LogP contribution in [0.15, 0.2) is 59.7 Å². The van der Waals surface area contributed by atoms with E-state index >= 15 is 0 Å². The third-order valence-electron chi connectivity index (χ3n) is 10.4. The van der Waals surface area contributed by atoms with Crippen LogP contribution in [-0.2, 0) is 16.0 Å². The molecule has 0 unspecified atom stereocenters. The van der Waals surface area contributed by atoms with E-state index in [1.54, 1.807) is 15.7 Å². The molecule has 11 heteroatoms. The van der Waals surface area contributed by atoms with Gasteiger partial charge in [0, 0.05) is 56.3 Å². The number of rotatable bonds is 7. The van der Waals surface area contributed by atoms with Gasteiger partial charge in [-0.25, -0.2) is 9.59 Å². The summed E-state index contributed by atoms with van der Waals surface area (Å²) in [6.45, 7) is 6.57. The standard InChI is InChI=1S/C36H45N7O4/c1-25-20-26(21-28-23-37-39-33(25)28)22-32(34(44)41-16-10-29(11-17-41)40-14-6-3-7-15-40)47-36(46)42-18-12-30(13-19-42)43-24-31(38-35(43)45)27-8-4-2-5-9-27/h2,4-5,8-9,20-21,23-24,29-30,32H,3,6-7,10-19,22H2,1H3,(H,37,39)(H,38,45)/t32-/m1/s1. The molecule has 0 radical (unpaired) electrons. The summed E-state index contributed by atoms with van der Waals surface area (Å²) in [5, 5.41) is 8.18. The molecular weight excluding hydrogens is 594 g/mol. The molecule has 3 saturated heterocycles. The van der Waals surface area contributed by atoms with Crippen molar-refractivity contribution in [2.24, 2.45) is 0 Å². The number of carbonyl (C=O) groups excluding carboxylic acids is 2. The molecule has 7 rings (SSSR count). The fraction of sp³-hybridized carbons (Fsp3) is 0.500. The van der Waals surface area contributed by atoms with E-state index in [1.807, 2.05) is 60.5 Å². The number of aromatic amines is 2. The first-order valence-electron chi connectivity index (χ1n) is 17.2. The van der Waals surface area contributed by atoms with E-state index < -0.39 is 12.2 Å². The molecular formula is C36H45N7O4. The highest BCUT2D eigenvalue weighted by Crippen LogP contribution is 2.27. The minimum absolute atomic E-state index is 0.0245. The van der Waals surface area contributed by atoms with Gasteiger partial charge in [-0.15, -0.1) is 0 Å². The number of aryl methyl sites for hydroxylation is 1. The molecule has 2 aromatic carbocycles. The average molecular weight is 640 g/mol. The van der Waals surface area contributed by atoms with Crippen molar-refractivity contribution in [1.29, 1.82) is 0 Å². The highest BCUT2D eigenvalue weighted by atomic mass is 16.6. The number of ether oxygens (including phenoxy) is 1. The maximum atomic E-state index is 14.1. The second kappa shape index (κ2) is 13.8. The van der Waals surface area contributed by atoms with Gasteiger partial charge in [0.15, 0.2) is 6.10 Å². The van der Waals surface area contributed by atoms with Crippen molar-refractivity contribution in [2.45, 2.75) is 76.5 Å². The monoisotopic (exact) mass is 639 g/mol. The van der Waals surface area contributed by atoms with E-state index in [0.29, 0.717) is 51.5 Å². The van der Waals surface area contributed by atoms with Gasteiger partial charge < -0.3 is 24.4 Å². The number of piperidine rings is 3. The first-order chi connectivity index (χ1) is 22.9. The molecule has 1 atom stereocenters. The number of likely N-dealkylation sites (tertiary alicyclic amines) is 3. The zero-order valence-corrected chi connectivity index (χ0v) is 27.2. The van der Waals surface area contributed by atoms with Gasteiger partial charge in [0.05, 0.1) is 17.4 Å². The fourth-order valence-corrected chi connectivity index (χ4v) is 7.73. The van der Waals surface area contributed by atoms with E-state index in [1.165, 1.54) is 19.3 Å². The number of nitrogens with zero attached hydrogens (tertiary/aromatic N) is 5. The van der Waals surface area contributed by atoms with E-state index in [0.717, 1.165) is 59.2 Å². The highest BCUT2D eigenvalue weighted by Gasteiger charge is 2.35. The van der Waals surface area contributed by atoms with Crippen LogP contribution in [0.2, 0.25) is 0 Å². The molecule has 47 heavy (non-hydrogen) atoms. The van der Waals surface area contributed by atoms with Crippen LogP contribution in [0, 0.1) is 6.92 Å². The summed E-state index contributed by atoms with van der Waals surface area (Å²) in [5.41, 5.74) is 4.52. The molecule has 4 aromatic rings.